The average molecular weight is 156 g/mol. The van der Waals surface area contributed by atoms with E-state index in [2.05, 4.69) is 11.9 Å². The highest BCUT2D eigenvalue weighted by Crippen LogP contribution is 1.81. The molecule has 0 aromatic rings. The van der Waals surface area contributed by atoms with Crippen molar-refractivity contribution in [2.75, 3.05) is 19.6 Å². The quantitative estimate of drug-likeness (QED) is 0.405. The monoisotopic (exact) mass is 156 g/mol. The second kappa shape index (κ2) is 7.44. The Kier molecular flexibility index (Phi) is 6.98. The van der Waals surface area contributed by atoms with Gasteiger partial charge in [-0.25, -0.2) is 0 Å². The number of carbonyl (C=O) groups is 1. The van der Waals surface area contributed by atoms with Crippen LogP contribution in [0.1, 0.15) is 12.8 Å². The van der Waals surface area contributed by atoms with Crippen molar-refractivity contribution in [2.24, 2.45) is 5.73 Å². The van der Waals surface area contributed by atoms with Crippen LogP contribution in [0.25, 0.3) is 0 Å². The zero-order valence-corrected chi connectivity index (χ0v) is 6.81. The number of hydrogen-bond acceptors (Lipinski definition) is 3. The average Bonchev–Trinajstić information content (AvgIpc) is 2.04. The van der Waals surface area contributed by atoms with Gasteiger partial charge in [-0.15, -0.1) is 0 Å². The maximum Gasteiger partial charge on any atom is 0.156 e. The Hall–Kier alpha value is -0.670. The number of nitrogens with two attached hydrogens (primary N) is 1. The molecule has 64 valence electrons. The van der Waals surface area contributed by atoms with Gasteiger partial charge in [-0.2, -0.15) is 0 Å². The summed E-state index contributed by atoms with van der Waals surface area (Å²) in [6, 6.07) is 0. The Balaban J connectivity index is 3.01. The number of nitrogens with one attached hydrogen (secondary N) is 1. The van der Waals surface area contributed by atoms with Gasteiger partial charge in [-0.05, 0) is 25.6 Å². The van der Waals surface area contributed by atoms with E-state index in [1.807, 2.05) is 0 Å². The molecule has 0 fully saturated rings. The summed E-state index contributed by atoms with van der Waals surface area (Å²) in [5, 5.41) is 3.10. The highest BCUT2D eigenvalue weighted by molar-refractivity contribution is 5.89. The van der Waals surface area contributed by atoms with Crippen molar-refractivity contribution >= 4 is 5.78 Å². The number of allylic oxidation sites excluding steroid dienone is 1. The second-order valence-corrected chi connectivity index (χ2v) is 2.31. The van der Waals surface area contributed by atoms with Gasteiger partial charge in [0.25, 0.3) is 0 Å². The first-order chi connectivity index (χ1) is 5.31. The third-order valence-electron chi connectivity index (χ3n) is 1.33. The summed E-state index contributed by atoms with van der Waals surface area (Å²) in [4.78, 5) is 10.7. The highest BCUT2D eigenvalue weighted by Gasteiger charge is 1.93. The van der Waals surface area contributed by atoms with Crippen LogP contribution in [0.3, 0.4) is 0 Å². The molecule has 0 aromatic carbocycles. The van der Waals surface area contributed by atoms with E-state index in [9.17, 15) is 4.79 Å². The van der Waals surface area contributed by atoms with Crippen molar-refractivity contribution < 1.29 is 4.79 Å². The van der Waals surface area contributed by atoms with Crippen molar-refractivity contribution in [3.63, 3.8) is 0 Å². The van der Waals surface area contributed by atoms with E-state index >= 15 is 0 Å². The van der Waals surface area contributed by atoms with Crippen LogP contribution in [-0.4, -0.2) is 25.4 Å². The first-order valence-electron chi connectivity index (χ1n) is 3.87. The van der Waals surface area contributed by atoms with Crippen molar-refractivity contribution in [1.82, 2.24) is 5.32 Å². The van der Waals surface area contributed by atoms with Gasteiger partial charge in [0.15, 0.2) is 5.78 Å². The van der Waals surface area contributed by atoms with Gasteiger partial charge in [-0.1, -0.05) is 6.58 Å². The molecule has 0 amide bonds. The molecule has 0 radical (unpaired) electrons. The molecule has 0 unspecified atom stereocenters. The molecule has 0 heterocycles. The standard InChI is InChI=1S/C8H16N2O/c1-2-8(11)4-7-10-6-3-5-9/h2,10H,1,3-7,9H2. The van der Waals surface area contributed by atoms with E-state index in [0.717, 1.165) is 19.5 Å². The fourth-order valence-electron chi connectivity index (χ4n) is 0.666. The third kappa shape index (κ3) is 7.22. The zero-order valence-electron chi connectivity index (χ0n) is 6.81. The highest BCUT2D eigenvalue weighted by atomic mass is 16.1. The number of carbonyl (C=O) groups excluding carboxylic acids is 1. The summed E-state index contributed by atoms with van der Waals surface area (Å²) in [5.74, 6) is 0.0882. The molecule has 3 nitrogen and oxygen atoms in total. The lowest BCUT2D eigenvalue weighted by Crippen LogP contribution is -2.20. The Morgan fingerprint density at radius 3 is 2.82 bits per heavy atom. The molecule has 0 aromatic heterocycles. The molecular weight excluding hydrogens is 140 g/mol. The fraction of sp³-hybridized carbons (Fsp3) is 0.625. The number of rotatable bonds is 7. The lowest BCUT2D eigenvalue weighted by atomic mass is 10.3. The summed E-state index contributed by atoms with van der Waals surface area (Å²) < 4.78 is 0. The van der Waals surface area contributed by atoms with Crippen LogP contribution in [0.5, 0.6) is 0 Å². The second-order valence-electron chi connectivity index (χ2n) is 2.31. The Morgan fingerprint density at radius 2 is 2.27 bits per heavy atom. The minimum atomic E-state index is 0.0882. The molecule has 0 aliphatic heterocycles. The molecule has 0 saturated heterocycles. The normalized spacial score (nSPS) is 9.55. The Morgan fingerprint density at radius 1 is 1.55 bits per heavy atom. The molecule has 0 saturated carbocycles. The predicted octanol–water partition coefficient (Wildman–Crippen LogP) is 0.0700. The van der Waals surface area contributed by atoms with Crippen molar-refractivity contribution in [1.29, 1.82) is 0 Å². The molecule has 0 spiro atoms. The third-order valence-corrected chi connectivity index (χ3v) is 1.33. The zero-order chi connectivity index (χ0) is 8.53. The molecule has 11 heavy (non-hydrogen) atoms. The van der Waals surface area contributed by atoms with Crippen LogP contribution in [0, 0.1) is 0 Å². The first kappa shape index (κ1) is 10.3. The molecule has 0 aliphatic rings. The van der Waals surface area contributed by atoms with Crippen LogP contribution < -0.4 is 11.1 Å². The molecule has 3 N–H and O–H groups in total. The van der Waals surface area contributed by atoms with E-state index in [0.29, 0.717) is 13.0 Å². The van der Waals surface area contributed by atoms with E-state index in [1.54, 1.807) is 0 Å². The number of ketones is 1. The molecule has 0 aliphatic carbocycles. The summed E-state index contributed by atoms with van der Waals surface area (Å²) in [6.07, 6.45) is 2.85. The summed E-state index contributed by atoms with van der Waals surface area (Å²) in [5.41, 5.74) is 5.27. The molecule has 0 rings (SSSR count). The molecule has 0 atom stereocenters. The maximum atomic E-state index is 10.7. The maximum absolute atomic E-state index is 10.7. The first-order valence-corrected chi connectivity index (χ1v) is 3.87. The van der Waals surface area contributed by atoms with Crippen molar-refractivity contribution in [2.45, 2.75) is 12.8 Å². The van der Waals surface area contributed by atoms with Gasteiger partial charge >= 0.3 is 0 Å². The van der Waals surface area contributed by atoms with Crippen LogP contribution >= 0.6 is 0 Å². The summed E-state index contributed by atoms with van der Waals surface area (Å²) in [7, 11) is 0. The summed E-state index contributed by atoms with van der Waals surface area (Å²) >= 11 is 0. The van der Waals surface area contributed by atoms with E-state index < -0.39 is 0 Å². The minimum Gasteiger partial charge on any atom is -0.330 e. The molecule has 3 heteroatoms. The van der Waals surface area contributed by atoms with Gasteiger partial charge in [0, 0.05) is 13.0 Å². The topological polar surface area (TPSA) is 55.1 Å². The van der Waals surface area contributed by atoms with Crippen molar-refractivity contribution in [3.8, 4) is 0 Å². The van der Waals surface area contributed by atoms with Crippen LogP contribution in [0.15, 0.2) is 12.7 Å². The van der Waals surface area contributed by atoms with Gasteiger partial charge in [-0.3, -0.25) is 4.79 Å². The van der Waals surface area contributed by atoms with Gasteiger partial charge in [0.05, 0.1) is 0 Å². The van der Waals surface area contributed by atoms with Crippen LogP contribution in [0.2, 0.25) is 0 Å². The predicted molar refractivity (Wildman–Crippen MR) is 46.4 cm³/mol. The summed E-state index contributed by atoms with van der Waals surface area (Å²) in [6.45, 7) is 5.69. The SMILES string of the molecule is C=CC(=O)CCNCCCN. The fourth-order valence-corrected chi connectivity index (χ4v) is 0.666. The van der Waals surface area contributed by atoms with E-state index in [4.69, 9.17) is 5.73 Å². The molecule has 0 bridgehead atoms. The smallest absolute Gasteiger partial charge is 0.156 e. The Bertz CT molecular complexity index is 123. The minimum absolute atomic E-state index is 0.0882. The van der Waals surface area contributed by atoms with Crippen molar-refractivity contribution in [3.05, 3.63) is 12.7 Å². The lowest BCUT2D eigenvalue weighted by Gasteiger charge is -2.00. The van der Waals surface area contributed by atoms with Crippen LogP contribution in [-0.2, 0) is 4.79 Å². The largest absolute Gasteiger partial charge is 0.330 e. The lowest BCUT2D eigenvalue weighted by molar-refractivity contribution is -0.114. The van der Waals surface area contributed by atoms with Gasteiger partial charge in [0.1, 0.15) is 0 Å². The Labute approximate surface area is 67.7 Å². The van der Waals surface area contributed by atoms with E-state index in [-0.39, 0.29) is 5.78 Å². The van der Waals surface area contributed by atoms with Crippen LogP contribution in [0.4, 0.5) is 0 Å². The molecular formula is C8H16N2O. The van der Waals surface area contributed by atoms with E-state index in [1.165, 1.54) is 6.08 Å². The van der Waals surface area contributed by atoms with Gasteiger partial charge in [0.2, 0.25) is 0 Å². The van der Waals surface area contributed by atoms with Gasteiger partial charge < -0.3 is 11.1 Å². The number of hydrogen-bond donors (Lipinski definition) is 2.